The van der Waals surface area contributed by atoms with E-state index in [0.717, 1.165) is 19.5 Å². The van der Waals surface area contributed by atoms with Crippen LogP contribution in [-0.4, -0.2) is 23.9 Å². The Morgan fingerprint density at radius 3 is 2.47 bits per heavy atom. The van der Waals surface area contributed by atoms with E-state index in [2.05, 4.69) is 61.9 Å². The van der Waals surface area contributed by atoms with Crippen molar-refractivity contribution in [2.24, 2.45) is 10.7 Å². The number of hydrogen-bond donors (Lipinski definition) is 1. The summed E-state index contributed by atoms with van der Waals surface area (Å²) in [6.45, 7) is 10.6. The van der Waals surface area contributed by atoms with E-state index in [4.69, 9.17) is 5.73 Å². The summed E-state index contributed by atoms with van der Waals surface area (Å²) in [6.07, 6.45) is 1.08. The van der Waals surface area contributed by atoms with Gasteiger partial charge in [-0.25, -0.2) is 0 Å². The second-order valence-corrected chi connectivity index (χ2v) is 5.88. The van der Waals surface area contributed by atoms with Crippen LogP contribution in [0.5, 0.6) is 0 Å². The quantitative estimate of drug-likeness (QED) is 0.903. The molecule has 0 bridgehead atoms. The van der Waals surface area contributed by atoms with Gasteiger partial charge in [0.2, 0.25) is 0 Å². The van der Waals surface area contributed by atoms with Gasteiger partial charge in [-0.2, -0.15) is 0 Å². The molecule has 0 saturated carbocycles. The lowest BCUT2D eigenvalue weighted by Gasteiger charge is -2.36. The average Bonchev–Trinajstić information content (AvgIpc) is 2.69. The molecule has 1 aliphatic heterocycles. The second kappa shape index (κ2) is 5.24. The predicted molar refractivity (Wildman–Crippen MR) is 81.4 cm³/mol. The number of guanidine groups is 1. The molecule has 104 valence electrons. The lowest BCUT2D eigenvalue weighted by molar-refractivity contribution is 0.225. The maximum atomic E-state index is 6.03. The van der Waals surface area contributed by atoms with E-state index in [9.17, 15) is 0 Å². The smallest absolute Gasteiger partial charge is 0.192 e. The van der Waals surface area contributed by atoms with Gasteiger partial charge in [0, 0.05) is 6.54 Å². The van der Waals surface area contributed by atoms with Crippen LogP contribution in [0.3, 0.4) is 0 Å². The van der Waals surface area contributed by atoms with Crippen LogP contribution in [0.15, 0.2) is 29.3 Å². The van der Waals surface area contributed by atoms with E-state index in [0.29, 0.717) is 11.9 Å². The Balaban J connectivity index is 2.29. The van der Waals surface area contributed by atoms with Crippen molar-refractivity contribution < 1.29 is 0 Å². The Hall–Kier alpha value is -1.51. The number of nitrogens with two attached hydrogens (primary N) is 1. The average molecular weight is 259 g/mol. The van der Waals surface area contributed by atoms with Gasteiger partial charge >= 0.3 is 0 Å². The molecule has 1 aromatic rings. The summed E-state index contributed by atoms with van der Waals surface area (Å²) < 4.78 is 0. The van der Waals surface area contributed by atoms with Crippen LogP contribution in [-0.2, 0) is 5.54 Å². The molecule has 1 aromatic carbocycles. The Morgan fingerprint density at radius 2 is 1.95 bits per heavy atom. The van der Waals surface area contributed by atoms with Crippen molar-refractivity contribution in [2.75, 3.05) is 13.1 Å². The third-order valence-corrected chi connectivity index (χ3v) is 4.07. The minimum absolute atomic E-state index is 0.0877. The molecular weight excluding hydrogens is 234 g/mol. The lowest BCUT2D eigenvalue weighted by atomic mass is 9.89. The van der Waals surface area contributed by atoms with Crippen LogP contribution >= 0.6 is 0 Å². The monoisotopic (exact) mass is 259 g/mol. The first-order valence-corrected chi connectivity index (χ1v) is 7.17. The highest BCUT2D eigenvalue weighted by atomic mass is 15.3. The van der Waals surface area contributed by atoms with Gasteiger partial charge in [-0.1, -0.05) is 45.0 Å². The topological polar surface area (TPSA) is 41.6 Å². The summed E-state index contributed by atoms with van der Waals surface area (Å²) in [7, 11) is 0. The minimum Gasteiger partial charge on any atom is -0.370 e. The maximum Gasteiger partial charge on any atom is 0.192 e. The number of hydrogen-bond acceptors (Lipinski definition) is 3. The molecule has 0 aliphatic carbocycles. The van der Waals surface area contributed by atoms with Gasteiger partial charge in [-0.05, 0) is 30.4 Å². The lowest BCUT2D eigenvalue weighted by Crippen LogP contribution is -2.47. The number of aliphatic imine (C=N–C) groups is 1. The van der Waals surface area contributed by atoms with Crippen LogP contribution in [0.25, 0.3) is 0 Å². The predicted octanol–water partition coefficient (Wildman–Crippen LogP) is 3.07. The van der Waals surface area contributed by atoms with Crippen LogP contribution in [0.1, 0.15) is 51.2 Å². The zero-order valence-corrected chi connectivity index (χ0v) is 12.5. The Kier molecular flexibility index (Phi) is 3.83. The SMILES string of the molecule is CCCN1C(N)=NCC1(C)c1ccc(C(C)C)cc1. The number of nitrogens with zero attached hydrogens (tertiary/aromatic N) is 2. The molecule has 0 radical (unpaired) electrons. The Labute approximate surface area is 116 Å². The molecule has 19 heavy (non-hydrogen) atoms. The number of benzene rings is 1. The summed E-state index contributed by atoms with van der Waals surface area (Å²) in [5.74, 6) is 1.25. The van der Waals surface area contributed by atoms with Crippen LogP contribution < -0.4 is 5.73 Å². The van der Waals surface area contributed by atoms with Gasteiger partial charge in [-0.15, -0.1) is 0 Å². The number of rotatable bonds is 4. The molecule has 2 N–H and O–H groups in total. The standard InChI is InChI=1S/C16H25N3/c1-5-10-19-15(17)18-11-16(19,4)14-8-6-13(7-9-14)12(2)3/h6-9,12H,5,10-11H2,1-4H3,(H2,17,18). The first kappa shape index (κ1) is 13.9. The van der Waals surface area contributed by atoms with Gasteiger partial charge in [0.25, 0.3) is 0 Å². The normalized spacial score (nSPS) is 23.0. The van der Waals surface area contributed by atoms with Crippen molar-refractivity contribution in [3.8, 4) is 0 Å². The van der Waals surface area contributed by atoms with E-state index >= 15 is 0 Å². The second-order valence-electron chi connectivity index (χ2n) is 5.88. The third kappa shape index (κ3) is 2.46. The molecule has 0 spiro atoms. The molecule has 3 nitrogen and oxygen atoms in total. The van der Waals surface area contributed by atoms with Crippen molar-refractivity contribution in [1.29, 1.82) is 0 Å². The summed E-state index contributed by atoms with van der Waals surface area (Å²) in [5.41, 5.74) is 8.62. The molecular formula is C16H25N3. The molecule has 0 amide bonds. The van der Waals surface area contributed by atoms with Crippen LogP contribution in [0.2, 0.25) is 0 Å². The van der Waals surface area contributed by atoms with E-state index in [1.165, 1.54) is 11.1 Å². The molecule has 0 fully saturated rings. The zero-order valence-electron chi connectivity index (χ0n) is 12.5. The Morgan fingerprint density at radius 1 is 1.32 bits per heavy atom. The van der Waals surface area contributed by atoms with Gasteiger partial charge in [0.15, 0.2) is 5.96 Å². The van der Waals surface area contributed by atoms with Crippen molar-refractivity contribution >= 4 is 5.96 Å². The molecule has 1 aliphatic rings. The highest BCUT2D eigenvalue weighted by Crippen LogP contribution is 2.33. The van der Waals surface area contributed by atoms with Gasteiger partial charge in [0.1, 0.15) is 0 Å². The molecule has 3 heteroatoms. The zero-order chi connectivity index (χ0) is 14.0. The summed E-state index contributed by atoms with van der Waals surface area (Å²) in [6, 6.07) is 8.91. The summed E-state index contributed by atoms with van der Waals surface area (Å²) >= 11 is 0. The largest absolute Gasteiger partial charge is 0.370 e. The molecule has 0 aromatic heterocycles. The fourth-order valence-corrected chi connectivity index (χ4v) is 2.72. The highest BCUT2D eigenvalue weighted by molar-refractivity contribution is 5.81. The van der Waals surface area contributed by atoms with Gasteiger partial charge in [-0.3, -0.25) is 4.99 Å². The van der Waals surface area contributed by atoms with Gasteiger partial charge in [0.05, 0.1) is 12.1 Å². The third-order valence-electron chi connectivity index (χ3n) is 4.07. The van der Waals surface area contributed by atoms with E-state index in [1.54, 1.807) is 0 Å². The van der Waals surface area contributed by atoms with E-state index in [1.807, 2.05) is 0 Å². The van der Waals surface area contributed by atoms with Crippen LogP contribution in [0, 0.1) is 0 Å². The first-order valence-electron chi connectivity index (χ1n) is 7.17. The fraction of sp³-hybridized carbons (Fsp3) is 0.562. The van der Waals surface area contributed by atoms with E-state index < -0.39 is 0 Å². The van der Waals surface area contributed by atoms with Gasteiger partial charge < -0.3 is 10.6 Å². The fourth-order valence-electron chi connectivity index (χ4n) is 2.72. The van der Waals surface area contributed by atoms with Crippen molar-refractivity contribution in [1.82, 2.24) is 4.90 Å². The summed E-state index contributed by atoms with van der Waals surface area (Å²) in [4.78, 5) is 6.68. The first-order chi connectivity index (χ1) is 8.99. The van der Waals surface area contributed by atoms with Crippen molar-refractivity contribution in [3.05, 3.63) is 35.4 Å². The van der Waals surface area contributed by atoms with Crippen molar-refractivity contribution in [3.63, 3.8) is 0 Å². The molecule has 1 heterocycles. The minimum atomic E-state index is -0.0877. The van der Waals surface area contributed by atoms with E-state index in [-0.39, 0.29) is 5.54 Å². The van der Waals surface area contributed by atoms with Crippen LogP contribution in [0.4, 0.5) is 0 Å². The van der Waals surface area contributed by atoms with Crippen molar-refractivity contribution in [2.45, 2.75) is 45.6 Å². The molecule has 0 saturated heterocycles. The summed E-state index contributed by atoms with van der Waals surface area (Å²) in [5, 5.41) is 0. The molecule has 1 unspecified atom stereocenters. The molecule has 2 rings (SSSR count). The Bertz CT molecular complexity index is 461. The maximum absolute atomic E-state index is 6.03. The highest BCUT2D eigenvalue weighted by Gasteiger charge is 2.38. The molecule has 1 atom stereocenters.